The molecule has 3 aromatic heterocycles. The van der Waals surface area contributed by atoms with Crippen molar-refractivity contribution in [3.8, 4) is 0 Å². The van der Waals surface area contributed by atoms with Crippen molar-refractivity contribution in [2.24, 2.45) is 0 Å². The smallest absolute Gasteiger partial charge is 0.123 e. The summed E-state index contributed by atoms with van der Waals surface area (Å²) in [6, 6.07) is 3.63. The lowest BCUT2D eigenvalue weighted by molar-refractivity contribution is 0.420. The van der Waals surface area contributed by atoms with Crippen LogP contribution in [0.15, 0.2) is 59.4 Å². The summed E-state index contributed by atoms with van der Waals surface area (Å²) in [4.78, 5) is 6.42. The van der Waals surface area contributed by atoms with E-state index in [9.17, 15) is 0 Å². The first-order chi connectivity index (χ1) is 7.50. The van der Waals surface area contributed by atoms with Gasteiger partial charge in [0.15, 0.2) is 0 Å². The SMILES string of the molecule is c1c[nH]cn1.c1cnoc1.c1cnsc1. The Morgan fingerprint density at radius 3 is 2.33 bits per heavy atom. The largest absolute Gasteiger partial charge is 0.365 e. The van der Waals surface area contributed by atoms with E-state index in [1.165, 1.54) is 17.8 Å². The molecule has 0 aromatic carbocycles. The monoisotopic (exact) mass is 222 g/mol. The molecule has 0 saturated carbocycles. The van der Waals surface area contributed by atoms with E-state index in [2.05, 4.69) is 24.0 Å². The molecule has 0 aliphatic carbocycles. The fraction of sp³-hybridized carbons (Fsp3) is 0. The second-order valence-corrected chi connectivity index (χ2v) is 2.83. The van der Waals surface area contributed by atoms with E-state index < -0.39 is 0 Å². The van der Waals surface area contributed by atoms with Gasteiger partial charge in [0, 0.05) is 24.0 Å². The highest BCUT2D eigenvalue weighted by molar-refractivity contribution is 7.03. The van der Waals surface area contributed by atoms with Crippen molar-refractivity contribution in [2.75, 3.05) is 0 Å². The van der Waals surface area contributed by atoms with Gasteiger partial charge in [0.25, 0.3) is 0 Å². The first-order valence-electron chi connectivity index (χ1n) is 4.11. The molecule has 0 saturated heterocycles. The van der Waals surface area contributed by atoms with E-state index in [0.717, 1.165) is 0 Å². The van der Waals surface area contributed by atoms with Crippen LogP contribution in [0.25, 0.3) is 0 Å². The van der Waals surface area contributed by atoms with Gasteiger partial charge in [-0.3, -0.25) is 0 Å². The molecule has 0 atom stereocenters. The predicted molar refractivity (Wildman–Crippen MR) is 57.2 cm³/mol. The van der Waals surface area contributed by atoms with Gasteiger partial charge < -0.3 is 9.51 Å². The normalized spacial score (nSPS) is 8.00. The standard InChI is InChI=1S/C3H4N2.C3H3NO.C3H3NS/c1-2-5-3-4-1;2*1-2-4-5-3-1/h1-3H,(H,4,5);2*1-3H. The average molecular weight is 222 g/mol. The summed E-state index contributed by atoms with van der Waals surface area (Å²) in [5, 5.41) is 5.28. The lowest BCUT2D eigenvalue weighted by Crippen LogP contribution is -1.44. The zero-order chi connectivity index (χ0) is 10.6. The van der Waals surface area contributed by atoms with E-state index in [-0.39, 0.29) is 0 Å². The summed E-state index contributed by atoms with van der Waals surface area (Å²) in [5.74, 6) is 0. The maximum absolute atomic E-state index is 4.33. The Balaban J connectivity index is 0.000000112. The average Bonchev–Trinajstić information content (AvgIpc) is 3.09. The molecule has 0 amide bonds. The fourth-order valence-electron chi connectivity index (χ4n) is 0.567. The highest BCUT2D eigenvalue weighted by Gasteiger charge is 1.60. The van der Waals surface area contributed by atoms with E-state index in [1.807, 2.05) is 11.4 Å². The van der Waals surface area contributed by atoms with Crippen LogP contribution in [0.5, 0.6) is 0 Å². The quantitative estimate of drug-likeness (QED) is 0.633. The minimum atomic E-state index is 1.46. The van der Waals surface area contributed by atoms with Crippen LogP contribution >= 0.6 is 11.5 Å². The second-order valence-electron chi connectivity index (χ2n) is 2.14. The van der Waals surface area contributed by atoms with Crippen LogP contribution in [0, 0.1) is 0 Å². The summed E-state index contributed by atoms with van der Waals surface area (Å²) < 4.78 is 8.10. The first-order valence-corrected chi connectivity index (χ1v) is 4.95. The van der Waals surface area contributed by atoms with E-state index >= 15 is 0 Å². The summed E-state index contributed by atoms with van der Waals surface area (Å²) >= 11 is 1.46. The van der Waals surface area contributed by atoms with Crippen LogP contribution in [-0.2, 0) is 0 Å². The van der Waals surface area contributed by atoms with Crippen molar-refractivity contribution >= 4 is 11.5 Å². The second kappa shape index (κ2) is 8.64. The number of aromatic nitrogens is 4. The van der Waals surface area contributed by atoms with Gasteiger partial charge in [0.05, 0.1) is 12.5 Å². The van der Waals surface area contributed by atoms with Crippen molar-refractivity contribution in [3.63, 3.8) is 0 Å². The molecule has 0 unspecified atom stereocenters. The molecule has 0 radical (unpaired) electrons. The number of H-pyrrole nitrogens is 1. The highest BCUT2D eigenvalue weighted by Crippen LogP contribution is 1.83. The number of rotatable bonds is 0. The van der Waals surface area contributed by atoms with Crippen LogP contribution in [-0.4, -0.2) is 19.5 Å². The van der Waals surface area contributed by atoms with Gasteiger partial charge in [-0.2, -0.15) is 0 Å². The Labute approximate surface area is 91.0 Å². The third-order valence-corrected chi connectivity index (χ3v) is 1.62. The lowest BCUT2D eigenvalue weighted by Gasteiger charge is -1.48. The van der Waals surface area contributed by atoms with Crippen molar-refractivity contribution in [3.05, 3.63) is 54.9 Å². The van der Waals surface area contributed by atoms with Gasteiger partial charge in [-0.05, 0) is 23.7 Å². The van der Waals surface area contributed by atoms with E-state index in [0.29, 0.717) is 0 Å². The Kier molecular flexibility index (Phi) is 6.41. The molecule has 78 valence electrons. The topological polar surface area (TPSA) is 67.6 Å². The van der Waals surface area contributed by atoms with Crippen LogP contribution in [0.4, 0.5) is 0 Å². The lowest BCUT2D eigenvalue weighted by atomic mass is 10.8. The molecule has 3 rings (SSSR count). The van der Waals surface area contributed by atoms with Gasteiger partial charge in [-0.1, -0.05) is 5.16 Å². The minimum Gasteiger partial charge on any atom is -0.365 e. The summed E-state index contributed by atoms with van der Waals surface area (Å²) in [7, 11) is 0. The molecule has 0 aliphatic rings. The maximum Gasteiger partial charge on any atom is 0.123 e. The van der Waals surface area contributed by atoms with Crippen LogP contribution < -0.4 is 0 Å². The number of imidazole rings is 1. The Hall–Kier alpha value is -1.95. The van der Waals surface area contributed by atoms with Gasteiger partial charge in [-0.15, -0.1) is 0 Å². The number of hydrogen-bond donors (Lipinski definition) is 1. The third kappa shape index (κ3) is 7.15. The minimum absolute atomic E-state index is 1.46. The molecule has 1 N–H and O–H groups in total. The van der Waals surface area contributed by atoms with Crippen LogP contribution in [0.2, 0.25) is 0 Å². The zero-order valence-electron chi connectivity index (χ0n) is 7.85. The van der Waals surface area contributed by atoms with Crippen molar-refractivity contribution < 1.29 is 4.52 Å². The molecule has 5 nitrogen and oxygen atoms in total. The molecular formula is C9H10N4OS. The Morgan fingerprint density at radius 1 is 1.13 bits per heavy atom. The predicted octanol–water partition coefficient (Wildman–Crippen LogP) is 2.23. The zero-order valence-corrected chi connectivity index (χ0v) is 8.67. The summed E-state index contributed by atoms with van der Waals surface area (Å²) in [6.45, 7) is 0. The van der Waals surface area contributed by atoms with Crippen molar-refractivity contribution in [2.45, 2.75) is 0 Å². The molecule has 0 aliphatic heterocycles. The summed E-state index contributed by atoms with van der Waals surface area (Å²) in [6.07, 6.45) is 9.95. The number of aromatic amines is 1. The van der Waals surface area contributed by atoms with Crippen molar-refractivity contribution in [1.82, 2.24) is 19.5 Å². The van der Waals surface area contributed by atoms with Gasteiger partial charge in [0.1, 0.15) is 6.26 Å². The molecule has 0 spiro atoms. The Morgan fingerprint density at radius 2 is 2.13 bits per heavy atom. The number of nitrogens with zero attached hydrogens (tertiary/aromatic N) is 3. The van der Waals surface area contributed by atoms with Crippen molar-refractivity contribution in [1.29, 1.82) is 0 Å². The van der Waals surface area contributed by atoms with Crippen LogP contribution in [0.3, 0.4) is 0 Å². The highest BCUT2D eigenvalue weighted by atomic mass is 32.1. The van der Waals surface area contributed by atoms with Gasteiger partial charge in [0.2, 0.25) is 0 Å². The molecule has 3 aromatic rings. The molecule has 6 heteroatoms. The molecule has 15 heavy (non-hydrogen) atoms. The summed E-state index contributed by atoms with van der Waals surface area (Å²) in [5.41, 5.74) is 0. The molecule has 0 bridgehead atoms. The van der Waals surface area contributed by atoms with E-state index in [1.54, 1.807) is 37.2 Å². The fourth-order valence-corrected chi connectivity index (χ4v) is 0.918. The molecule has 3 heterocycles. The Bertz CT molecular complexity index is 254. The number of nitrogens with one attached hydrogen (secondary N) is 1. The molecule has 0 fully saturated rings. The number of hydrogen-bond acceptors (Lipinski definition) is 5. The van der Waals surface area contributed by atoms with E-state index in [4.69, 9.17) is 0 Å². The van der Waals surface area contributed by atoms with Crippen LogP contribution in [0.1, 0.15) is 0 Å². The maximum atomic E-state index is 4.33. The first kappa shape index (κ1) is 11.1. The van der Waals surface area contributed by atoms with Gasteiger partial charge >= 0.3 is 0 Å². The molecular weight excluding hydrogens is 212 g/mol. The third-order valence-electron chi connectivity index (χ3n) is 1.10. The van der Waals surface area contributed by atoms with Gasteiger partial charge in [-0.25, -0.2) is 9.36 Å².